The molecule has 1 aromatic carbocycles. The first-order chi connectivity index (χ1) is 11.1. The van der Waals surface area contributed by atoms with Crippen LogP contribution < -0.4 is 0 Å². The third-order valence-corrected chi connectivity index (χ3v) is 5.06. The van der Waals surface area contributed by atoms with Crippen molar-refractivity contribution in [3.8, 4) is 10.4 Å². The minimum Gasteiger partial charge on any atom is -0.462 e. The Kier molecular flexibility index (Phi) is 4.13. The highest BCUT2D eigenvalue weighted by atomic mass is 32.1. The number of ketones is 2. The summed E-state index contributed by atoms with van der Waals surface area (Å²) in [7, 11) is 0. The molecule has 0 bridgehead atoms. The van der Waals surface area contributed by atoms with E-state index in [0.717, 1.165) is 12.0 Å². The fourth-order valence-electron chi connectivity index (χ4n) is 2.86. The summed E-state index contributed by atoms with van der Waals surface area (Å²) in [5.74, 6) is -1.44. The first-order valence-corrected chi connectivity index (χ1v) is 8.43. The predicted octanol–water partition coefficient (Wildman–Crippen LogP) is 3.92. The molecule has 0 amide bonds. The lowest BCUT2D eigenvalue weighted by molar-refractivity contribution is 0.0530. The third kappa shape index (κ3) is 2.41. The molecule has 0 unspecified atom stereocenters. The minimum atomic E-state index is -0.519. The van der Waals surface area contributed by atoms with E-state index in [1.54, 1.807) is 19.1 Å². The van der Waals surface area contributed by atoms with Crippen LogP contribution in [-0.4, -0.2) is 24.1 Å². The average Bonchev–Trinajstić information content (AvgIpc) is 2.93. The number of esters is 1. The molecule has 0 saturated carbocycles. The highest BCUT2D eigenvalue weighted by Gasteiger charge is 2.36. The Morgan fingerprint density at radius 2 is 1.78 bits per heavy atom. The molecule has 4 nitrogen and oxygen atoms in total. The molecule has 0 atom stereocenters. The van der Waals surface area contributed by atoms with Gasteiger partial charge >= 0.3 is 5.97 Å². The second-order valence-corrected chi connectivity index (χ2v) is 6.31. The fourth-order valence-corrected chi connectivity index (χ4v) is 4.14. The Bertz CT molecular complexity index is 816. The van der Waals surface area contributed by atoms with Crippen molar-refractivity contribution in [2.75, 3.05) is 6.61 Å². The summed E-state index contributed by atoms with van der Waals surface area (Å²) in [5, 5.41) is 0. The van der Waals surface area contributed by atoms with Gasteiger partial charge in [-0.2, -0.15) is 0 Å². The molecular formula is C18H16O4S. The number of carbonyl (C=O) groups excluding carboxylic acids is 3. The smallest absolute Gasteiger partial charge is 0.348 e. The van der Waals surface area contributed by atoms with Crippen LogP contribution in [0.4, 0.5) is 0 Å². The Hall–Kier alpha value is -2.27. The van der Waals surface area contributed by atoms with E-state index in [4.69, 9.17) is 4.74 Å². The van der Waals surface area contributed by atoms with Gasteiger partial charge in [-0.15, -0.1) is 11.3 Å². The van der Waals surface area contributed by atoms with Gasteiger partial charge in [0.15, 0.2) is 0 Å². The van der Waals surface area contributed by atoms with Crippen LogP contribution in [0.15, 0.2) is 24.3 Å². The van der Waals surface area contributed by atoms with Crippen molar-refractivity contribution in [1.29, 1.82) is 0 Å². The SMILES string of the molecule is CCCc1c(C(=O)OCC)sc2c1C(=O)C(=O)c1ccccc1-2. The lowest BCUT2D eigenvalue weighted by Crippen LogP contribution is -2.21. The summed E-state index contributed by atoms with van der Waals surface area (Å²) in [6.45, 7) is 3.99. The van der Waals surface area contributed by atoms with E-state index in [2.05, 4.69) is 0 Å². The highest BCUT2D eigenvalue weighted by molar-refractivity contribution is 7.18. The van der Waals surface area contributed by atoms with Crippen LogP contribution in [0.5, 0.6) is 0 Å². The molecule has 3 rings (SSSR count). The summed E-state index contributed by atoms with van der Waals surface area (Å²) in [4.78, 5) is 38.4. The summed E-state index contributed by atoms with van der Waals surface area (Å²) >= 11 is 1.25. The molecule has 1 aliphatic rings. The number of rotatable bonds is 4. The summed E-state index contributed by atoms with van der Waals surface area (Å²) in [6, 6.07) is 7.04. The number of benzene rings is 1. The van der Waals surface area contributed by atoms with E-state index >= 15 is 0 Å². The van der Waals surface area contributed by atoms with Crippen molar-refractivity contribution >= 4 is 28.9 Å². The van der Waals surface area contributed by atoms with Gasteiger partial charge in [-0.25, -0.2) is 4.79 Å². The first kappa shape index (κ1) is 15.6. The van der Waals surface area contributed by atoms with Crippen LogP contribution in [0.25, 0.3) is 10.4 Å². The Morgan fingerprint density at radius 1 is 1.09 bits per heavy atom. The van der Waals surface area contributed by atoms with Gasteiger partial charge < -0.3 is 4.74 Å². The number of fused-ring (bicyclic) bond motifs is 3. The molecule has 1 aliphatic carbocycles. The van der Waals surface area contributed by atoms with E-state index in [0.29, 0.717) is 32.9 Å². The zero-order chi connectivity index (χ0) is 16.6. The van der Waals surface area contributed by atoms with E-state index in [9.17, 15) is 14.4 Å². The molecule has 0 spiro atoms. The van der Waals surface area contributed by atoms with Gasteiger partial charge in [-0.1, -0.05) is 37.6 Å². The molecular weight excluding hydrogens is 312 g/mol. The zero-order valence-electron chi connectivity index (χ0n) is 13.0. The first-order valence-electron chi connectivity index (χ1n) is 7.61. The molecule has 0 radical (unpaired) electrons. The van der Waals surface area contributed by atoms with Crippen LogP contribution in [0.3, 0.4) is 0 Å². The molecule has 23 heavy (non-hydrogen) atoms. The molecule has 0 N–H and O–H groups in total. The molecule has 1 heterocycles. The molecule has 0 aliphatic heterocycles. The molecule has 2 aromatic rings. The van der Waals surface area contributed by atoms with Crippen LogP contribution in [0.2, 0.25) is 0 Å². The maximum atomic E-state index is 12.6. The third-order valence-electron chi connectivity index (χ3n) is 3.82. The normalized spacial score (nSPS) is 12.8. The van der Waals surface area contributed by atoms with Gasteiger partial charge in [0, 0.05) is 21.6 Å². The Morgan fingerprint density at radius 3 is 2.43 bits per heavy atom. The van der Waals surface area contributed by atoms with E-state index in [1.807, 2.05) is 19.1 Å². The predicted molar refractivity (Wildman–Crippen MR) is 88.4 cm³/mol. The maximum Gasteiger partial charge on any atom is 0.348 e. The lowest BCUT2D eigenvalue weighted by Gasteiger charge is -2.15. The molecule has 1 aromatic heterocycles. The number of thiophene rings is 1. The monoisotopic (exact) mass is 328 g/mol. The van der Waals surface area contributed by atoms with Gasteiger partial charge in [0.2, 0.25) is 11.6 Å². The largest absolute Gasteiger partial charge is 0.462 e. The Balaban J connectivity index is 2.27. The number of hydrogen-bond acceptors (Lipinski definition) is 5. The summed E-state index contributed by atoms with van der Waals surface area (Å²) < 4.78 is 5.12. The average molecular weight is 328 g/mol. The van der Waals surface area contributed by atoms with E-state index in [-0.39, 0.29) is 6.61 Å². The van der Waals surface area contributed by atoms with Crippen LogP contribution in [0.1, 0.15) is 56.2 Å². The van der Waals surface area contributed by atoms with Gasteiger partial charge in [-0.3, -0.25) is 9.59 Å². The van der Waals surface area contributed by atoms with Crippen LogP contribution in [0, 0.1) is 0 Å². The van der Waals surface area contributed by atoms with Crippen molar-refractivity contribution < 1.29 is 19.1 Å². The number of ether oxygens (including phenoxy) is 1. The van der Waals surface area contributed by atoms with Crippen molar-refractivity contribution in [1.82, 2.24) is 0 Å². The lowest BCUT2D eigenvalue weighted by atomic mass is 9.86. The van der Waals surface area contributed by atoms with Crippen molar-refractivity contribution in [2.24, 2.45) is 0 Å². The topological polar surface area (TPSA) is 60.4 Å². The fraction of sp³-hybridized carbons (Fsp3) is 0.278. The van der Waals surface area contributed by atoms with Gasteiger partial charge in [0.1, 0.15) is 4.88 Å². The standard InChI is InChI=1S/C18H16O4S/c1-3-7-12-13-15(20)14(19)10-8-5-6-9-11(10)16(13)23-17(12)18(21)22-4-2/h5-6,8-9H,3-4,7H2,1-2H3. The molecule has 0 fully saturated rings. The summed E-state index contributed by atoms with van der Waals surface area (Å²) in [6.07, 6.45) is 1.35. The van der Waals surface area contributed by atoms with E-state index < -0.39 is 17.5 Å². The van der Waals surface area contributed by atoms with Crippen molar-refractivity contribution in [3.63, 3.8) is 0 Å². The second-order valence-electron chi connectivity index (χ2n) is 5.29. The van der Waals surface area contributed by atoms with Crippen LogP contribution in [-0.2, 0) is 11.2 Å². The van der Waals surface area contributed by atoms with Crippen molar-refractivity contribution in [3.05, 3.63) is 45.8 Å². The van der Waals surface area contributed by atoms with E-state index in [1.165, 1.54) is 11.3 Å². The number of carbonyl (C=O) groups is 3. The Labute approximate surface area is 138 Å². The second kappa shape index (κ2) is 6.08. The highest BCUT2D eigenvalue weighted by Crippen LogP contribution is 2.43. The number of hydrogen-bond donors (Lipinski definition) is 0. The van der Waals surface area contributed by atoms with Gasteiger partial charge in [0.25, 0.3) is 0 Å². The minimum absolute atomic E-state index is 0.274. The molecule has 5 heteroatoms. The maximum absolute atomic E-state index is 12.6. The number of Topliss-reactive ketones (excluding diaryl/α,β-unsaturated/α-hetero) is 2. The molecule has 0 saturated heterocycles. The molecule has 118 valence electrons. The van der Waals surface area contributed by atoms with Crippen molar-refractivity contribution in [2.45, 2.75) is 26.7 Å². The van der Waals surface area contributed by atoms with Gasteiger partial charge in [0.05, 0.1) is 6.61 Å². The quantitative estimate of drug-likeness (QED) is 0.630. The zero-order valence-corrected chi connectivity index (χ0v) is 13.8. The van der Waals surface area contributed by atoms with Crippen LogP contribution >= 0.6 is 11.3 Å². The van der Waals surface area contributed by atoms with Gasteiger partial charge in [-0.05, 0) is 18.9 Å². The summed E-state index contributed by atoms with van der Waals surface area (Å²) in [5.41, 5.74) is 2.18.